The van der Waals surface area contributed by atoms with E-state index in [0.29, 0.717) is 30.3 Å². The molecule has 3 heterocycles. The average Bonchev–Trinajstić information content (AvgIpc) is 3.14. The summed E-state index contributed by atoms with van der Waals surface area (Å²) < 4.78 is 37.4. The van der Waals surface area contributed by atoms with Gasteiger partial charge >= 0.3 is 6.18 Å². The molecule has 1 atom stereocenters. The van der Waals surface area contributed by atoms with Crippen molar-refractivity contribution in [2.45, 2.75) is 32.5 Å². The summed E-state index contributed by atoms with van der Waals surface area (Å²) in [5.74, 6) is 0.207. The van der Waals surface area contributed by atoms with Crippen molar-refractivity contribution < 1.29 is 18.0 Å². The minimum Gasteiger partial charge on any atom is -0.345 e. The molecular formula is C19H21F3N6O. The maximum absolute atomic E-state index is 12.5. The second kappa shape index (κ2) is 8.46. The fourth-order valence-corrected chi connectivity index (χ4v) is 3.17. The maximum Gasteiger partial charge on any atom is 0.405 e. The smallest absolute Gasteiger partial charge is 0.345 e. The van der Waals surface area contributed by atoms with Gasteiger partial charge in [-0.1, -0.05) is 6.92 Å². The van der Waals surface area contributed by atoms with Gasteiger partial charge in [0.25, 0.3) is 0 Å². The number of H-pyrrole nitrogens is 1. The Kier molecular flexibility index (Phi) is 6.00. The van der Waals surface area contributed by atoms with E-state index in [0.717, 1.165) is 10.9 Å². The van der Waals surface area contributed by atoms with Crippen molar-refractivity contribution in [2.75, 3.05) is 18.0 Å². The van der Waals surface area contributed by atoms with Crippen LogP contribution >= 0.6 is 0 Å². The molecule has 0 bridgehead atoms. The van der Waals surface area contributed by atoms with Crippen molar-refractivity contribution in [1.82, 2.24) is 25.3 Å². The van der Waals surface area contributed by atoms with Crippen LogP contribution < -0.4 is 10.2 Å². The molecule has 154 valence electrons. The Bertz CT molecular complexity index is 987. The van der Waals surface area contributed by atoms with E-state index < -0.39 is 24.7 Å². The number of carbonyl (C=O) groups is 1. The Hall–Kier alpha value is -3.17. The van der Waals surface area contributed by atoms with Gasteiger partial charge in [-0.3, -0.25) is 4.79 Å². The van der Waals surface area contributed by atoms with Gasteiger partial charge in [0.05, 0.1) is 0 Å². The minimum absolute atomic E-state index is 0.327. The van der Waals surface area contributed by atoms with Crippen molar-refractivity contribution >= 4 is 22.8 Å². The normalized spacial score (nSPS) is 12.7. The molecule has 3 aromatic rings. The molecule has 0 saturated heterocycles. The number of carbonyl (C=O) groups excluding carboxylic acids is 1. The number of aromatic amines is 1. The number of pyridine rings is 1. The number of anilines is 1. The maximum atomic E-state index is 12.5. The largest absolute Gasteiger partial charge is 0.405 e. The lowest BCUT2D eigenvalue weighted by molar-refractivity contribution is -0.139. The molecule has 3 aromatic heterocycles. The molecule has 7 nitrogen and oxygen atoms in total. The Morgan fingerprint density at radius 3 is 2.72 bits per heavy atom. The number of aromatic nitrogens is 4. The van der Waals surface area contributed by atoms with Gasteiger partial charge in [0.2, 0.25) is 5.91 Å². The first-order valence-electron chi connectivity index (χ1n) is 9.20. The molecule has 0 unspecified atom stereocenters. The topological polar surface area (TPSA) is 86.8 Å². The number of hydrogen-bond donors (Lipinski definition) is 2. The third-order valence-electron chi connectivity index (χ3n) is 4.50. The summed E-state index contributed by atoms with van der Waals surface area (Å²) in [5.41, 5.74) is 1.45. The predicted molar refractivity (Wildman–Crippen MR) is 103 cm³/mol. The van der Waals surface area contributed by atoms with Gasteiger partial charge in [-0.05, 0) is 31.5 Å². The summed E-state index contributed by atoms with van der Waals surface area (Å²) in [6, 6.07) is 4.55. The van der Waals surface area contributed by atoms with Gasteiger partial charge in [-0.15, -0.1) is 0 Å². The number of alkyl halides is 3. The molecule has 2 N–H and O–H groups in total. The number of halogens is 3. The molecule has 0 fully saturated rings. The number of hydrogen-bond acceptors (Lipinski definition) is 5. The van der Waals surface area contributed by atoms with Gasteiger partial charge < -0.3 is 15.2 Å². The van der Waals surface area contributed by atoms with Crippen molar-refractivity contribution in [1.29, 1.82) is 0 Å². The van der Waals surface area contributed by atoms with Gasteiger partial charge in [-0.2, -0.15) is 13.2 Å². The number of likely N-dealkylation sites (N-methyl/N-ethyl adjacent to an activating group) is 1. The lowest BCUT2D eigenvalue weighted by Gasteiger charge is -2.30. The molecule has 29 heavy (non-hydrogen) atoms. The van der Waals surface area contributed by atoms with E-state index in [4.69, 9.17) is 0 Å². The van der Waals surface area contributed by atoms with Crippen LogP contribution in [0.1, 0.15) is 20.3 Å². The highest BCUT2D eigenvalue weighted by Gasteiger charge is 2.31. The zero-order chi connectivity index (χ0) is 21.0. The summed E-state index contributed by atoms with van der Waals surface area (Å²) in [6.07, 6.45) is 0.852. The Balaban J connectivity index is 1.89. The Morgan fingerprint density at radius 2 is 2.03 bits per heavy atom. The summed E-state index contributed by atoms with van der Waals surface area (Å²) in [4.78, 5) is 30.2. The van der Waals surface area contributed by atoms with E-state index in [2.05, 4.69) is 19.9 Å². The van der Waals surface area contributed by atoms with Crippen LogP contribution in [0.15, 0.2) is 36.8 Å². The second-order valence-electron chi connectivity index (χ2n) is 6.38. The second-order valence-corrected chi connectivity index (χ2v) is 6.38. The van der Waals surface area contributed by atoms with Crippen LogP contribution in [0.5, 0.6) is 0 Å². The van der Waals surface area contributed by atoms with E-state index in [1.54, 1.807) is 42.5 Å². The van der Waals surface area contributed by atoms with Crippen molar-refractivity contribution in [3.05, 3.63) is 36.8 Å². The van der Waals surface area contributed by atoms with Crippen LogP contribution in [0.4, 0.5) is 19.0 Å². The number of nitrogens with one attached hydrogen (secondary N) is 2. The first kappa shape index (κ1) is 20.6. The standard InChI is InChI=1S/C19H21F3N6O/c1-3-14(18(29)26-11-19(20,21)22)28(4-2)15-7-9-24-17(27-15)13-10-25-16-12(13)6-5-8-23-16/h5-10,14H,3-4,11H2,1-2H3,(H,23,25)(H,26,29)/t14-/m1/s1. The molecule has 3 rings (SSSR count). The molecular weight excluding hydrogens is 385 g/mol. The molecule has 0 aliphatic heterocycles. The quantitative estimate of drug-likeness (QED) is 0.629. The highest BCUT2D eigenvalue weighted by Crippen LogP contribution is 2.26. The van der Waals surface area contributed by atoms with E-state index in [-0.39, 0.29) is 0 Å². The first-order valence-corrected chi connectivity index (χ1v) is 9.20. The average molecular weight is 406 g/mol. The Morgan fingerprint density at radius 1 is 1.24 bits per heavy atom. The lowest BCUT2D eigenvalue weighted by Crippen LogP contribution is -2.49. The molecule has 1 amide bonds. The number of fused-ring (bicyclic) bond motifs is 1. The van der Waals surface area contributed by atoms with E-state index >= 15 is 0 Å². The monoisotopic (exact) mass is 406 g/mol. The lowest BCUT2D eigenvalue weighted by atomic mass is 10.1. The number of nitrogens with zero attached hydrogens (tertiary/aromatic N) is 4. The zero-order valence-electron chi connectivity index (χ0n) is 16.0. The van der Waals surface area contributed by atoms with Gasteiger partial charge in [0.15, 0.2) is 5.82 Å². The summed E-state index contributed by atoms with van der Waals surface area (Å²) in [5, 5.41) is 2.81. The van der Waals surface area contributed by atoms with E-state index in [1.807, 2.05) is 18.3 Å². The molecule has 0 radical (unpaired) electrons. The van der Waals surface area contributed by atoms with E-state index in [9.17, 15) is 18.0 Å². The van der Waals surface area contributed by atoms with Gasteiger partial charge in [0.1, 0.15) is 24.1 Å². The summed E-state index contributed by atoms with van der Waals surface area (Å²) in [7, 11) is 0. The van der Waals surface area contributed by atoms with Crippen LogP contribution in [-0.2, 0) is 4.79 Å². The van der Waals surface area contributed by atoms with Crippen LogP contribution in [0.2, 0.25) is 0 Å². The molecule has 0 aliphatic rings. The van der Waals surface area contributed by atoms with Gasteiger partial charge in [-0.25, -0.2) is 15.0 Å². The minimum atomic E-state index is -4.46. The van der Waals surface area contributed by atoms with Crippen LogP contribution in [0.25, 0.3) is 22.4 Å². The molecule has 0 aliphatic carbocycles. The third kappa shape index (κ3) is 4.64. The fraction of sp³-hybridized carbons (Fsp3) is 0.368. The fourth-order valence-electron chi connectivity index (χ4n) is 3.17. The van der Waals surface area contributed by atoms with Crippen molar-refractivity contribution in [2.24, 2.45) is 0 Å². The highest BCUT2D eigenvalue weighted by atomic mass is 19.4. The van der Waals surface area contributed by atoms with E-state index in [1.165, 1.54) is 0 Å². The van der Waals surface area contributed by atoms with Crippen molar-refractivity contribution in [3.63, 3.8) is 0 Å². The zero-order valence-corrected chi connectivity index (χ0v) is 16.0. The van der Waals surface area contributed by atoms with Crippen molar-refractivity contribution in [3.8, 4) is 11.4 Å². The molecule has 0 saturated carbocycles. The van der Waals surface area contributed by atoms with Crippen LogP contribution in [-0.4, -0.2) is 51.2 Å². The predicted octanol–water partition coefficient (Wildman–Crippen LogP) is 3.30. The SMILES string of the molecule is CC[C@H](C(=O)NCC(F)(F)F)N(CC)c1ccnc(-c2c[nH]c3ncccc23)n1. The summed E-state index contributed by atoms with van der Waals surface area (Å²) >= 11 is 0. The van der Waals surface area contributed by atoms with Crippen LogP contribution in [0, 0.1) is 0 Å². The molecule has 0 spiro atoms. The summed E-state index contributed by atoms with van der Waals surface area (Å²) in [6.45, 7) is 2.59. The highest BCUT2D eigenvalue weighted by molar-refractivity contribution is 5.91. The molecule has 10 heteroatoms. The molecule has 0 aromatic carbocycles. The first-order chi connectivity index (χ1) is 13.8. The van der Waals surface area contributed by atoms with Gasteiger partial charge in [0, 0.05) is 36.1 Å². The third-order valence-corrected chi connectivity index (χ3v) is 4.50. The Labute approximate surface area is 165 Å². The van der Waals surface area contributed by atoms with Crippen LogP contribution in [0.3, 0.4) is 0 Å². The number of amides is 1. The number of rotatable bonds is 7.